The highest BCUT2D eigenvalue weighted by Gasteiger charge is 2.21. The molecule has 1 aromatic carbocycles. The molecule has 0 aliphatic heterocycles. The number of hydrogen-bond donors (Lipinski definition) is 1. The maximum Gasteiger partial charge on any atom is 0.179 e. The minimum atomic E-state index is 0.289. The second-order valence-electron chi connectivity index (χ2n) is 4.24. The number of halogens is 2. The molecule has 0 saturated carbocycles. The molecule has 108 valence electrons. The van der Waals surface area contributed by atoms with E-state index in [4.69, 9.17) is 38.2 Å². The van der Waals surface area contributed by atoms with Crippen molar-refractivity contribution >= 4 is 40.4 Å². The number of nitrogen functional groups attached to an aromatic ring is 1. The SMILES string of the molecule is COc1cccc(-c2c(N)noc2-c2cc(Cl)sc2Cl)c1. The zero-order valence-electron chi connectivity index (χ0n) is 10.9. The minimum Gasteiger partial charge on any atom is -0.497 e. The van der Waals surface area contributed by atoms with Crippen molar-refractivity contribution in [1.29, 1.82) is 0 Å². The molecule has 0 aliphatic rings. The summed E-state index contributed by atoms with van der Waals surface area (Å²) in [6.07, 6.45) is 0. The van der Waals surface area contributed by atoms with E-state index in [9.17, 15) is 0 Å². The molecular formula is C14H10Cl2N2O2S. The van der Waals surface area contributed by atoms with Crippen LogP contribution in [0, 0.1) is 0 Å². The number of hydrogen-bond acceptors (Lipinski definition) is 5. The number of nitrogens with two attached hydrogens (primary N) is 1. The summed E-state index contributed by atoms with van der Waals surface area (Å²) in [5, 5.41) is 3.84. The van der Waals surface area contributed by atoms with Crippen LogP contribution in [0.5, 0.6) is 5.75 Å². The Bertz CT molecular complexity index is 798. The normalized spacial score (nSPS) is 10.8. The van der Waals surface area contributed by atoms with E-state index in [1.165, 1.54) is 11.3 Å². The average Bonchev–Trinajstić information content (AvgIpc) is 3.01. The molecular weight excluding hydrogens is 331 g/mol. The summed E-state index contributed by atoms with van der Waals surface area (Å²) in [4.78, 5) is 0. The number of anilines is 1. The van der Waals surface area contributed by atoms with Gasteiger partial charge in [0.2, 0.25) is 0 Å². The summed E-state index contributed by atoms with van der Waals surface area (Å²) in [5.74, 6) is 1.50. The van der Waals surface area contributed by atoms with Gasteiger partial charge in [0.1, 0.15) is 10.1 Å². The van der Waals surface area contributed by atoms with Crippen molar-refractivity contribution in [2.24, 2.45) is 0 Å². The van der Waals surface area contributed by atoms with Gasteiger partial charge in [0.15, 0.2) is 11.6 Å². The third-order valence-electron chi connectivity index (χ3n) is 2.98. The lowest BCUT2D eigenvalue weighted by atomic mass is 10.0. The van der Waals surface area contributed by atoms with Crippen LogP contribution in [0.3, 0.4) is 0 Å². The first-order valence-electron chi connectivity index (χ1n) is 5.95. The zero-order chi connectivity index (χ0) is 15.0. The molecule has 0 unspecified atom stereocenters. The number of nitrogens with zero attached hydrogens (tertiary/aromatic N) is 1. The average molecular weight is 341 g/mol. The summed E-state index contributed by atoms with van der Waals surface area (Å²) in [6, 6.07) is 9.21. The van der Waals surface area contributed by atoms with Crippen LogP contribution in [0.2, 0.25) is 8.67 Å². The van der Waals surface area contributed by atoms with Crippen LogP contribution in [0.15, 0.2) is 34.9 Å². The van der Waals surface area contributed by atoms with E-state index in [2.05, 4.69) is 5.16 Å². The molecule has 0 atom stereocenters. The van der Waals surface area contributed by atoms with Crippen LogP contribution in [0.25, 0.3) is 22.5 Å². The van der Waals surface area contributed by atoms with Gasteiger partial charge in [-0.25, -0.2) is 0 Å². The van der Waals surface area contributed by atoms with Gasteiger partial charge in [0.25, 0.3) is 0 Å². The highest BCUT2D eigenvalue weighted by atomic mass is 35.5. The molecule has 0 aliphatic carbocycles. The van der Waals surface area contributed by atoms with Crippen LogP contribution in [-0.2, 0) is 0 Å². The molecule has 2 N–H and O–H groups in total. The third kappa shape index (κ3) is 2.60. The number of aromatic nitrogens is 1. The first-order chi connectivity index (χ1) is 10.1. The van der Waals surface area contributed by atoms with Crippen LogP contribution >= 0.6 is 34.5 Å². The topological polar surface area (TPSA) is 61.3 Å². The van der Waals surface area contributed by atoms with Crippen LogP contribution < -0.4 is 10.5 Å². The molecule has 0 amide bonds. The zero-order valence-corrected chi connectivity index (χ0v) is 13.2. The smallest absolute Gasteiger partial charge is 0.179 e. The standard InChI is InChI=1S/C14H10Cl2N2O2S/c1-19-8-4-2-3-7(5-8)11-12(20-18-14(11)17)9-6-10(15)21-13(9)16/h2-6H,1H3,(H2,17,18). The van der Waals surface area contributed by atoms with E-state index in [1.807, 2.05) is 24.3 Å². The molecule has 0 saturated heterocycles. The maximum absolute atomic E-state index is 6.19. The van der Waals surface area contributed by atoms with Gasteiger partial charge in [0, 0.05) is 0 Å². The fourth-order valence-electron chi connectivity index (χ4n) is 2.04. The first-order valence-corrected chi connectivity index (χ1v) is 7.52. The van der Waals surface area contributed by atoms with Gasteiger partial charge in [-0.15, -0.1) is 11.3 Å². The first kappa shape index (κ1) is 14.3. The summed E-state index contributed by atoms with van der Waals surface area (Å²) >= 11 is 13.4. The van der Waals surface area contributed by atoms with E-state index in [-0.39, 0.29) is 5.82 Å². The van der Waals surface area contributed by atoms with Gasteiger partial charge >= 0.3 is 0 Å². The van der Waals surface area contributed by atoms with Crippen molar-refractivity contribution in [3.05, 3.63) is 39.0 Å². The van der Waals surface area contributed by atoms with Crippen LogP contribution in [0.4, 0.5) is 5.82 Å². The Balaban J connectivity index is 2.19. The lowest BCUT2D eigenvalue weighted by molar-refractivity contribution is 0.415. The maximum atomic E-state index is 6.19. The molecule has 21 heavy (non-hydrogen) atoms. The molecule has 3 aromatic rings. The van der Waals surface area contributed by atoms with Gasteiger partial charge in [-0.05, 0) is 23.8 Å². The lowest BCUT2D eigenvalue weighted by Crippen LogP contribution is -1.90. The van der Waals surface area contributed by atoms with E-state index in [0.717, 1.165) is 5.56 Å². The number of ether oxygens (including phenoxy) is 1. The fraction of sp³-hybridized carbons (Fsp3) is 0.0714. The molecule has 0 radical (unpaired) electrons. The Morgan fingerprint density at radius 3 is 2.76 bits per heavy atom. The van der Waals surface area contributed by atoms with Crippen molar-refractivity contribution in [3.8, 4) is 28.2 Å². The van der Waals surface area contributed by atoms with Crippen LogP contribution in [0.1, 0.15) is 0 Å². The Labute approximate surface area is 135 Å². The summed E-state index contributed by atoms with van der Waals surface area (Å²) in [7, 11) is 1.60. The number of benzene rings is 1. The second kappa shape index (κ2) is 5.60. The highest BCUT2D eigenvalue weighted by Crippen LogP contribution is 2.44. The number of rotatable bonds is 3. The highest BCUT2D eigenvalue weighted by molar-refractivity contribution is 7.20. The monoisotopic (exact) mass is 340 g/mol. The Hall–Kier alpha value is -1.69. The van der Waals surface area contributed by atoms with Gasteiger partial charge in [-0.3, -0.25) is 0 Å². The summed E-state index contributed by atoms with van der Waals surface area (Å²) in [5.41, 5.74) is 8.12. The van der Waals surface area contributed by atoms with Gasteiger partial charge in [-0.1, -0.05) is 40.5 Å². The molecule has 0 fully saturated rings. The van der Waals surface area contributed by atoms with Gasteiger partial charge in [-0.2, -0.15) is 0 Å². The third-order valence-corrected chi connectivity index (χ3v) is 4.47. The van der Waals surface area contributed by atoms with Crippen molar-refractivity contribution in [1.82, 2.24) is 5.16 Å². The lowest BCUT2D eigenvalue weighted by Gasteiger charge is -2.04. The molecule has 7 heteroatoms. The van der Waals surface area contributed by atoms with Crippen LogP contribution in [-0.4, -0.2) is 12.3 Å². The Morgan fingerprint density at radius 1 is 1.29 bits per heavy atom. The number of thiophene rings is 1. The van der Waals surface area contributed by atoms with Crippen molar-refractivity contribution < 1.29 is 9.26 Å². The van der Waals surface area contributed by atoms with Crippen molar-refractivity contribution in [3.63, 3.8) is 0 Å². The minimum absolute atomic E-state index is 0.289. The molecule has 0 spiro atoms. The van der Waals surface area contributed by atoms with Crippen molar-refractivity contribution in [2.75, 3.05) is 12.8 Å². The van der Waals surface area contributed by atoms with Crippen molar-refractivity contribution in [2.45, 2.75) is 0 Å². The Kier molecular flexibility index (Phi) is 3.80. The van der Waals surface area contributed by atoms with Gasteiger partial charge in [0.05, 0.1) is 22.6 Å². The van der Waals surface area contributed by atoms with Gasteiger partial charge < -0.3 is 15.0 Å². The second-order valence-corrected chi connectivity index (χ2v) is 6.53. The molecule has 4 nitrogen and oxygen atoms in total. The molecule has 2 heterocycles. The predicted octanol–water partition coefficient (Wildman–Crippen LogP) is 4.97. The van der Waals surface area contributed by atoms with E-state index >= 15 is 0 Å². The Morgan fingerprint density at radius 2 is 2.10 bits per heavy atom. The fourth-order valence-corrected chi connectivity index (χ4v) is 3.50. The van der Waals surface area contributed by atoms with E-state index < -0.39 is 0 Å². The predicted molar refractivity (Wildman–Crippen MR) is 86.2 cm³/mol. The quantitative estimate of drug-likeness (QED) is 0.731. The summed E-state index contributed by atoms with van der Waals surface area (Å²) in [6.45, 7) is 0. The van der Waals surface area contributed by atoms with E-state index in [0.29, 0.717) is 31.3 Å². The van der Waals surface area contributed by atoms with E-state index in [1.54, 1.807) is 13.2 Å². The number of methoxy groups -OCH3 is 1. The molecule has 0 bridgehead atoms. The molecule has 2 aromatic heterocycles. The summed E-state index contributed by atoms with van der Waals surface area (Å²) < 4.78 is 11.7. The largest absolute Gasteiger partial charge is 0.497 e. The molecule has 3 rings (SSSR count).